The third-order valence-electron chi connectivity index (χ3n) is 3.23. The van der Waals surface area contributed by atoms with E-state index in [0.717, 1.165) is 5.56 Å². The number of benzene rings is 2. The van der Waals surface area contributed by atoms with Gasteiger partial charge < -0.3 is 15.2 Å². The Hall–Kier alpha value is -2.24. The number of anilines is 1. The van der Waals surface area contributed by atoms with Gasteiger partial charge in [0.05, 0.1) is 11.3 Å². The average molecular weight is 368 g/mol. The van der Waals surface area contributed by atoms with E-state index in [4.69, 9.17) is 27.9 Å². The molecule has 0 aromatic heterocycles. The Morgan fingerprint density at radius 3 is 2.54 bits per heavy atom. The van der Waals surface area contributed by atoms with E-state index in [1.165, 1.54) is 12.1 Å². The smallest absolute Gasteiger partial charge is 0.337 e. The van der Waals surface area contributed by atoms with Gasteiger partial charge in [-0.1, -0.05) is 36.2 Å². The molecule has 2 aromatic rings. The number of carboxylic acid groups (broad SMARTS) is 1. The molecule has 0 atom stereocenters. The number of carbonyl (C=O) groups excluding carboxylic acids is 1. The number of rotatable bonds is 6. The minimum absolute atomic E-state index is 0.0449. The van der Waals surface area contributed by atoms with E-state index in [9.17, 15) is 14.7 Å². The summed E-state index contributed by atoms with van der Waals surface area (Å²) in [4.78, 5) is 22.8. The van der Waals surface area contributed by atoms with Crippen LogP contribution in [0.3, 0.4) is 0 Å². The molecule has 2 aromatic carbocycles. The highest BCUT2D eigenvalue weighted by atomic mass is 35.5. The van der Waals surface area contributed by atoms with Gasteiger partial charge in [-0.05, 0) is 30.3 Å². The maximum atomic E-state index is 11.5. The Labute approximate surface area is 149 Å². The third kappa shape index (κ3) is 4.63. The van der Waals surface area contributed by atoms with Crippen LogP contribution in [0.25, 0.3) is 0 Å². The standard InChI is InChI=1S/C17H15Cl2NO4/c1-2-16(21)20-15-6-5-12(8-13(15)17(22)23)24-9-10-3-4-11(18)7-14(10)19/h3-8H,2,9H2,1H3,(H,20,21)(H,22,23). The van der Waals surface area contributed by atoms with Crippen LogP contribution in [0.1, 0.15) is 29.3 Å². The summed E-state index contributed by atoms with van der Waals surface area (Å²) in [6.45, 7) is 1.85. The third-order valence-corrected chi connectivity index (χ3v) is 3.81. The van der Waals surface area contributed by atoms with E-state index in [0.29, 0.717) is 15.8 Å². The van der Waals surface area contributed by atoms with Crippen molar-refractivity contribution >= 4 is 40.8 Å². The van der Waals surface area contributed by atoms with Gasteiger partial charge in [-0.3, -0.25) is 4.79 Å². The molecule has 0 saturated carbocycles. The van der Waals surface area contributed by atoms with Crippen LogP contribution in [0.4, 0.5) is 5.69 Å². The zero-order chi connectivity index (χ0) is 17.7. The fourth-order valence-electron chi connectivity index (χ4n) is 1.94. The van der Waals surface area contributed by atoms with Crippen molar-refractivity contribution in [2.45, 2.75) is 20.0 Å². The van der Waals surface area contributed by atoms with Crippen LogP contribution < -0.4 is 10.1 Å². The summed E-state index contributed by atoms with van der Waals surface area (Å²) in [6, 6.07) is 9.47. The molecule has 2 rings (SSSR count). The average Bonchev–Trinajstić information content (AvgIpc) is 2.54. The Bertz CT molecular complexity index is 777. The molecule has 7 heteroatoms. The molecule has 0 fully saturated rings. The minimum Gasteiger partial charge on any atom is -0.489 e. The molecular formula is C17H15Cl2NO4. The fourth-order valence-corrected chi connectivity index (χ4v) is 2.40. The highest BCUT2D eigenvalue weighted by Crippen LogP contribution is 2.25. The van der Waals surface area contributed by atoms with E-state index in [2.05, 4.69) is 5.32 Å². The van der Waals surface area contributed by atoms with Crippen LogP contribution in [0.5, 0.6) is 5.75 Å². The number of aromatic carboxylic acids is 1. The molecule has 0 bridgehead atoms. The Balaban J connectivity index is 2.17. The highest BCUT2D eigenvalue weighted by molar-refractivity contribution is 6.35. The maximum absolute atomic E-state index is 11.5. The first-order chi connectivity index (χ1) is 11.4. The molecule has 5 nitrogen and oxygen atoms in total. The molecule has 0 spiro atoms. The van der Waals surface area contributed by atoms with Gasteiger partial charge in [-0.15, -0.1) is 0 Å². The van der Waals surface area contributed by atoms with Gasteiger partial charge in [0.2, 0.25) is 5.91 Å². The van der Waals surface area contributed by atoms with Gasteiger partial charge in [0.1, 0.15) is 12.4 Å². The molecule has 24 heavy (non-hydrogen) atoms. The van der Waals surface area contributed by atoms with Gasteiger partial charge >= 0.3 is 5.97 Å². The van der Waals surface area contributed by atoms with Crippen LogP contribution in [0.2, 0.25) is 10.0 Å². The van der Waals surface area contributed by atoms with Crippen molar-refractivity contribution < 1.29 is 19.4 Å². The first-order valence-corrected chi connectivity index (χ1v) is 7.90. The number of carboxylic acids is 1. The molecule has 0 saturated heterocycles. The predicted molar refractivity (Wildman–Crippen MR) is 93.1 cm³/mol. The first kappa shape index (κ1) is 18.1. The lowest BCUT2D eigenvalue weighted by Gasteiger charge is -2.12. The minimum atomic E-state index is -1.16. The van der Waals surface area contributed by atoms with Crippen molar-refractivity contribution in [3.8, 4) is 5.75 Å². The monoisotopic (exact) mass is 367 g/mol. The molecule has 0 radical (unpaired) electrons. The van der Waals surface area contributed by atoms with Crippen LogP contribution in [0, 0.1) is 0 Å². The zero-order valence-electron chi connectivity index (χ0n) is 12.8. The van der Waals surface area contributed by atoms with Crippen LogP contribution in [-0.2, 0) is 11.4 Å². The van der Waals surface area contributed by atoms with Crippen molar-refractivity contribution in [1.82, 2.24) is 0 Å². The molecule has 126 valence electrons. The van der Waals surface area contributed by atoms with Gasteiger partial charge in [0.25, 0.3) is 0 Å². The van der Waals surface area contributed by atoms with Gasteiger partial charge in [-0.2, -0.15) is 0 Å². The second kappa shape index (κ2) is 8.04. The largest absolute Gasteiger partial charge is 0.489 e. The molecule has 0 aliphatic carbocycles. The van der Waals surface area contributed by atoms with Crippen LogP contribution >= 0.6 is 23.2 Å². The van der Waals surface area contributed by atoms with Crippen molar-refractivity contribution in [3.63, 3.8) is 0 Å². The maximum Gasteiger partial charge on any atom is 0.337 e. The molecule has 1 amide bonds. The molecule has 0 aliphatic rings. The van der Waals surface area contributed by atoms with Gasteiger partial charge in [0, 0.05) is 22.0 Å². The van der Waals surface area contributed by atoms with E-state index >= 15 is 0 Å². The number of ether oxygens (including phenoxy) is 1. The number of carbonyl (C=O) groups is 2. The van der Waals surface area contributed by atoms with E-state index < -0.39 is 5.97 Å². The van der Waals surface area contributed by atoms with Crippen molar-refractivity contribution in [1.29, 1.82) is 0 Å². The fraction of sp³-hybridized carbons (Fsp3) is 0.176. The lowest BCUT2D eigenvalue weighted by atomic mass is 10.1. The SMILES string of the molecule is CCC(=O)Nc1ccc(OCc2ccc(Cl)cc2Cl)cc1C(=O)O. The first-order valence-electron chi connectivity index (χ1n) is 7.14. The summed E-state index contributed by atoms with van der Waals surface area (Å²) in [5.74, 6) is -1.07. The number of amides is 1. The van der Waals surface area contributed by atoms with Crippen LogP contribution in [-0.4, -0.2) is 17.0 Å². The number of halogens is 2. The predicted octanol–water partition coefficient (Wildman–Crippen LogP) is 4.62. The lowest BCUT2D eigenvalue weighted by molar-refractivity contribution is -0.115. The Morgan fingerprint density at radius 2 is 1.92 bits per heavy atom. The second-order valence-electron chi connectivity index (χ2n) is 4.94. The summed E-state index contributed by atoms with van der Waals surface area (Å²) in [7, 11) is 0. The van der Waals surface area contributed by atoms with Gasteiger partial charge in [-0.25, -0.2) is 4.79 Å². The highest BCUT2D eigenvalue weighted by Gasteiger charge is 2.14. The molecule has 0 aliphatic heterocycles. The summed E-state index contributed by atoms with van der Waals surface area (Å²) in [5.41, 5.74) is 0.907. The van der Waals surface area contributed by atoms with Crippen LogP contribution in [0.15, 0.2) is 36.4 Å². The molecular weight excluding hydrogens is 353 g/mol. The summed E-state index contributed by atoms with van der Waals surface area (Å²) >= 11 is 11.9. The molecule has 0 unspecified atom stereocenters. The van der Waals surface area contributed by atoms with Crippen molar-refractivity contribution in [2.24, 2.45) is 0 Å². The normalized spacial score (nSPS) is 10.3. The van der Waals surface area contributed by atoms with Gasteiger partial charge in [0.15, 0.2) is 0 Å². The topological polar surface area (TPSA) is 75.6 Å². The number of nitrogens with one attached hydrogen (secondary N) is 1. The summed E-state index contributed by atoms with van der Waals surface area (Å²) in [5, 5.41) is 12.8. The quantitative estimate of drug-likeness (QED) is 0.780. The zero-order valence-corrected chi connectivity index (χ0v) is 14.3. The van der Waals surface area contributed by atoms with Crippen molar-refractivity contribution in [3.05, 3.63) is 57.6 Å². The molecule has 0 heterocycles. The summed E-state index contributed by atoms with van der Waals surface area (Å²) in [6.07, 6.45) is 0.256. The summed E-state index contributed by atoms with van der Waals surface area (Å²) < 4.78 is 5.59. The molecule has 2 N–H and O–H groups in total. The lowest BCUT2D eigenvalue weighted by Crippen LogP contribution is -2.13. The van der Waals surface area contributed by atoms with E-state index in [1.54, 1.807) is 31.2 Å². The number of hydrogen-bond donors (Lipinski definition) is 2. The second-order valence-corrected chi connectivity index (χ2v) is 5.78. The number of hydrogen-bond acceptors (Lipinski definition) is 3. The van der Waals surface area contributed by atoms with E-state index in [1.807, 2.05) is 0 Å². The van der Waals surface area contributed by atoms with Crippen molar-refractivity contribution in [2.75, 3.05) is 5.32 Å². The van der Waals surface area contributed by atoms with E-state index in [-0.39, 0.29) is 30.2 Å². The Morgan fingerprint density at radius 1 is 1.17 bits per heavy atom. The Kier molecular flexibility index (Phi) is 6.06.